The van der Waals surface area contributed by atoms with E-state index in [1.807, 2.05) is 5.32 Å². The average Bonchev–Trinajstić information content (AvgIpc) is 3.17. The Balaban J connectivity index is 1.58. The number of nitrogens with one attached hydrogen (secondary N) is 2. The Morgan fingerprint density at radius 3 is 2.58 bits per heavy atom. The number of fused-ring (bicyclic) bond motifs is 1. The third-order valence-electron chi connectivity index (χ3n) is 5.79. The predicted molar refractivity (Wildman–Crippen MR) is 123 cm³/mol. The number of carbonyl (C=O) groups excluding carboxylic acids is 3. The molecule has 4 amide bonds. The monoisotopic (exact) mass is 498 g/mol. The lowest BCUT2D eigenvalue weighted by Gasteiger charge is -2.25. The van der Waals surface area contributed by atoms with E-state index in [0.717, 1.165) is 23.9 Å². The van der Waals surface area contributed by atoms with Gasteiger partial charge in [-0.1, -0.05) is 30.3 Å². The summed E-state index contributed by atoms with van der Waals surface area (Å²) in [4.78, 5) is 41.4. The number of alkyl halides is 3. The first kappa shape index (κ1) is 24.7. The summed E-state index contributed by atoms with van der Waals surface area (Å²) in [5.74, 6) is 0.305. The van der Waals surface area contributed by atoms with Crippen LogP contribution < -0.4 is 15.4 Å². The van der Waals surface area contributed by atoms with E-state index in [1.54, 1.807) is 47.4 Å². The van der Waals surface area contributed by atoms with Crippen LogP contribution in [0.15, 0.2) is 60.8 Å². The first-order chi connectivity index (χ1) is 17.2. The van der Waals surface area contributed by atoms with Crippen molar-refractivity contribution in [2.45, 2.75) is 18.8 Å². The van der Waals surface area contributed by atoms with Crippen molar-refractivity contribution in [3.05, 3.63) is 83.0 Å². The zero-order chi connectivity index (χ0) is 25.9. The second kappa shape index (κ2) is 10.1. The lowest BCUT2D eigenvalue weighted by atomic mass is 10.0. The van der Waals surface area contributed by atoms with Gasteiger partial charge in [-0.3, -0.25) is 19.9 Å². The molecule has 4 rings (SSSR count). The van der Waals surface area contributed by atoms with Gasteiger partial charge in [0.25, 0.3) is 5.91 Å². The number of urea groups is 1. The predicted octanol–water partition coefficient (Wildman–Crippen LogP) is 3.93. The minimum atomic E-state index is -4.50. The van der Waals surface area contributed by atoms with Crippen LogP contribution in [0.2, 0.25) is 0 Å². The van der Waals surface area contributed by atoms with Crippen molar-refractivity contribution in [1.29, 1.82) is 0 Å². The van der Waals surface area contributed by atoms with E-state index >= 15 is 0 Å². The molecule has 0 bridgehead atoms. The summed E-state index contributed by atoms with van der Waals surface area (Å²) in [6.45, 7) is 0.404. The van der Waals surface area contributed by atoms with Gasteiger partial charge >= 0.3 is 12.2 Å². The van der Waals surface area contributed by atoms with Gasteiger partial charge < -0.3 is 15.0 Å². The highest BCUT2D eigenvalue weighted by Crippen LogP contribution is 2.32. The molecule has 3 aromatic rings. The van der Waals surface area contributed by atoms with Crippen molar-refractivity contribution in [1.82, 2.24) is 20.5 Å². The normalized spacial score (nSPS) is 13.7. The van der Waals surface area contributed by atoms with Gasteiger partial charge in [-0.2, -0.15) is 13.2 Å². The Hall–Kier alpha value is -4.41. The fraction of sp³-hybridized carbons (Fsp3) is 0.200. The summed E-state index contributed by atoms with van der Waals surface area (Å²) in [6, 6.07) is 12.0. The van der Waals surface area contributed by atoms with Crippen LogP contribution >= 0.6 is 0 Å². The first-order valence-electron chi connectivity index (χ1n) is 10.8. The third-order valence-corrected chi connectivity index (χ3v) is 5.79. The molecule has 11 heteroatoms. The Labute approximate surface area is 204 Å². The average molecular weight is 498 g/mol. The standard InChI is InChI=1S/C25H21F3N4O4/c1-36-19-7-6-17-12-32(23(34)20(17)11-19)13-22(31-24(35)30-14-33)16-4-2-15(3-5-16)21-10-18(8-9-29-21)25(26,27)28/h2-11,14,22H,12-13H2,1H3,(H2,30,31,33,35)/t22-/m0/s1. The Kier molecular flexibility index (Phi) is 6.91. The Bertz CT molecular complexity index is 1300. The summed E-state index contributed by atoms with van der Waals surface area (Å²) >= 11 is 0. The van der Waals surface area contributed by atoms with E-state index in [9.17, 15) is 27.6 Å². The van der Waals surface area contributed by atoms with Crippen LogP contribution in [0, 0.1) is 0 Å². The maximum Gasteiger partial charge on any atom is 0.416 e. The minimum absolute atomic E-state index is 0.0866. The Morgan fingerprint density at radius 2 is 1.92 bits per heavy atom. The van der Waals surface area contributed by atoms with E-state index in [-0.39, 0.29) is 24.6 Å². The molecule has 186 valence electrons. The van der Waals surface area contributed by atoms with Gasteiger partial charge in [-0.15, -0.1) is 0 Å². The number of aromatic nitrogens is 1. The molecule has 1 aromatic heterocycles. The molecule has 2 aromatic carbocycles. The summed E-state index contributed by atoms with van der Waals surface area (Å²) in [5.41, 5.74) is 1.65. The van der Waals surface area contributed by atoms with Crippen molar-refractivity contribution < 1.29 is 32.3 Å². The van der Waals surface area contributed by atoms with Crippen LogP contribution in [0.3, 0.4) is 0 Å². The second-order valence-corrected chi connectivity index (χ2v) is 8.05. The molecule has 0 spiro atoms. The van der Waals surface area contributed by atoms with Crippen molar-refractivity contribution in [3.8, 4) is 17.0 Å². The number of carbonyl (C=O) groups is 3. The zero-order valence-electron chi connectivity index (χ0n) is 19.0. The van der Waals surface area contributed by atoms with Gasteiger partial charge in [0.2, 0.25) is 6.41 Å². The number of halogens is 3. The highest BCUT2D eigenvalue weighted by molar-refractivity contribution is 5.98. The van der Waals surface area contributed by atoms with Crippen molar-refractivity contribution >= 4 is 18.3 Å². The fourth-order valence-corrected chi connectivity index (χ4v) is 3.97. The fourth-order valence-electron chi connectivity index (χ4n) is 3.97. The number of rotatable bonds is 7. The van der Waals surface area contributed by atoms with Gasteiger partial charge in [0.05, 0.1) is 24.4 Å². The minimum Gasteiger partial charge on any atom is -0.497 e. The highest BCUT2D eigenvalue weighted by Gasteiger charge is 2.32. The molecule has 1 atom stereocenters. The zero-order valence-corrected chi connectivity index (χ0v) is 19.0. The van der Waals surface area contributed by atoms with Gasteiger partial charge in [0.1, 0.15) is 5.75 Å². The molecule has 0 unspecified atom stereocenters. The molecule has 36 heavy (non-hydrogen) atoms. The maximum atomic E-state index is 13.1. The molecule has 0 fully saturated rings. The molecule has 0 radical (unpaired) electrons. The number of hydrogen-bond donors (Lipinski definition) is 2. The van der Waals surface area contributed by atoms with E-state index in [0.29, 0.717) is 29.0 Å². The van der Waals surface area contributed by atoms with Crippen LogP contribution in [0.1, 0.15) is 33.1 Å². The number of hydrogen-bond acceptors (Lipinski definition) is 5. The summed E-state index contributed by atoms with van der Waals surface area (Å²) < 4.78 is 44.4. The van der Waals surface area contributed by atoms with Gasteiger partial charge in [0, 0.05) is 30.4 Å². The lowest BCUT2D eigenvalue weighted by molar-refractivity contribution is -0.137. The number of nitrogens with zero attached hydrogens (tertiary/aromatic N) is 2. The van der Waals surface area contributed by atoms with E-state index in [2.05, 4.69) is 10.3 Å². The van der Waals surface area contributed by atoms with Gasteiger partial charge in [0.15, 0.2) is 0 Å². The van der Waals surface area contributed by atoms with Gasteiger partial charge in [-0.25, -0.2) is 4.79 Å². The van der Waals surface area contributed by atoms with Crippen LogP contribution in [0.4, 0.5) is 18.0 Å². The summed E-state index contributed by atoms with van der Waals surface area (Å²) in [7, 11) is 1.50. The highest BCUT2D eigenvalue weighted by atomic mass is 19.4. The second-order valence-electron chi connectivity index (χ2n) is 8.05. The van der Waals surface area contributed by atoms with Crippen molar-refractivity contribution in [3.63, 3.8) is 0 Å². The summed E-state index contributed by atoms with van der Waals surface area (Å²) in [5, 5.41) is 4.66. The van der Waals surface area contributed by atoms with Crippen molar-refractivity contribution in [2.24, 2.45) is 0 Å². The van der Waals surface area contributed by atoms with Crippen molar-refractivity contribution in [2.75, 3.05) is 13.7 Å². The van der Waals surface area contributed by atoms with Crippen LogP contribution in [0.5, 0.6) is 5.75 Å². The molecule has 2 heterocycles. The topological polar surface area (TPSA) is 101 Å². The van der Waals surface area contributed by atoms with E-state index < -0.39 is 23.8 Å². The van der Waals surface area contributed by atoms with Crippen LogP contribution in [-0.2, 0) is 17.5 Å². The molecule has 1 aliphatic rings. The molecule has 1 aliphatic heterocycles. The largest absolute Gasteiger partial charge is 0.497 e. The molecular weight excluding hydrogens is 477 g/mol. The number of methoxy groups -OCH3 is 1. The number of amides is 4. The smallest absolute Gasteiger partial charge is 0.416 e. The summed E-state index contributed by atoms with van der Waals surface area (Å²) in [6.07, 6.45) is -3.17. The van der Waals surface area contributed by atoms with E-state index in [4.69, 9.17) is 4.74 Å². The molecule has 0 saturated carbocycles. The number of imide groups is 1. The number of benzene rings is 2. The molecule has 8 nitrogen and oxygen atoms in total. The molecule has 2 N–H and O–H groups in total. The van der Waals surface area contributed by atoms with Crippen LogP contribution in [-0.4, -0.2) is 41.9 Å². The lowest BCUT2D eigenvalue weighted by Crippen LogP contribution is -2.42. The maximum absolute atomic E-state index is 13.1. The quantitative estimate of drug-likeness (QED) is 0.481. The molecule has 0 aliphatic carbocycles. The third kappa shape index (κ3) is 5.29. The SMILES string of the molecule is COc1ccc2c(c1)C(=O)N(C[C@H](NC(=O)NC=O)c1ccc(-c3cc(C(F)(F)F)ccn3)cc1)C2. The number of ether oxygens (including phenoxy) is 1. The van der Waals surface area contributed by atoms with Crippen LogP contribution in [0.25, 0.3) is 11.3 Å². The number of pyridine rings is 1. The molecule has 0 saturated heterocycles. The first-order valence-corrected chi connectivity index (χ1v) is 10.8. The van der Waals surface area contributed by atoms with Gasteiger partial charge in [-0.05, 0) is 35.4 Å². The molecular formula is C25H21F3N4O4. The Morgan fingerprint density at radius 1 is 1.17 bits per heavy atom. The van der Waals surface area contributed by atoms with E-state index in [1.165, 1.54) is 7.11 Å².